The molecule has 1 heterocycles. The average Bonchev–Trinajstić information content (AvgIpc) is 3.29. The predicted molar refractivity (Wildman–Crippen MR) is 118 cm³/mol. The highest BCUT2D eigenvalue weighted by atomic mass is 16.5. The van der Waals surface area contributed by atoms with Crippen LogP contribution in [0.3, 0.4) is 0 Å². The van der Waals surface area contributed by atoms with Crippen LogP contribution >= 0.6 is 0 Å². The van der Waals surface area contributed by atoms with Gasteiger partial charge < -0.3 is 10.1 Å². The van der Waals surface area contributed by atoms with Gasteiger partial charge in [0.2, 0.25) is 5.91 Å². The zero-order valence-corrected chi connectivity index (χ0v) is 17.3. The van der Waals surface area contributed by atoms with Crippen molar-refractivity contribution in [1.82, 2.24) is 9.97 Å². The summed E-state index contributed by atoms with van der Waals surface area (Å²) in [6, 6.07) is 17.5. The fourth-order valence-electron chi connectivity index (χ4n) is 4.02. The van der Waals surface area contributed by atoms with Gasteiger partial charge in [0.1, 0.15) is 5.75 Å². The van der Waals surface area contributed by atoms with Crippen LogP contribution in [-0.4, -0.2) is 23.0 Å². The van der Waals surface area contributed by atoms with E-state index in [1.54, 1.807) is 13.3 Å². The summed E-state index contributed by atoms with van der Waals surface area (Å²) in [5.41, 5.74) is 3.65. The van der Waals surface area contributed by atoms with E-state index in [2.05, 4.69) is 10.3 Å². The molecule has 0 bridgehead atoms. The number of amides is 1. The molecule has 1 aromatic heterocycles. The maximum absolute atomic E-state index is 12.6. The number of hydrogen-bond acceptors (Lipinski definition) is 4. The van der Waals surface area contributed by atoms with Crippen molar-refractivity contribution in [3.63, 3.8) is 0 Å². The van der Waals surface area contributed by atoms with Crippen LogP contribution in [0.5, 0.6) is 5.75 Å². The number of aromatic nitrogens is 2. The fourth-order valence-corrected chi connectivity index (χ4v) is 4.02. The van der Waals surface area contributed by atoms with Crippen LogP contribution < -0.4 is 10.1 Å². The zero-order valence-electron chi connectivity index (χ0n) is 17.3. The SMILES string of the molecule is COc1ccc(-c2cnc(NC(=O)Cc3ccccc3)c(CC3CCCC3)n2)cc1. The number of hydrogen-bond donors (Lipinski definition) is 1. The number of nitrogens with zero attached hydrogens (tertiary/aromatic N) is 2. The van der Waals surface area contributed by atoms with Gasteiger partial charge in [0, 0.05) is 5.56 Å². The molecule has 1 aliphatic rings. The van der Waals surface area contributed by atoms with Crippen LogP contribution in [-0.2, 0) is 17.6 Å². The van der Waals surface area contributed by atoms with Gasteiger partial charge in [-0.15, -0.1) is 0 Å². The van der Waals surface area contributed by atoms with Crippen molar-refractivity contribution >= 4 is 11.7 Å². The second-order valence-electron chi connectivity index (χ2n) is 7.84. The third-order valence-electron chi connectivity index (χ3n) is 5.65. The van der Waals surface area contributed by atoms with Crippen LogP contribution in [0, 0.1) is 5.92 Å². The van der Waals surface area contributed by atoms with E-state index in [1.165, 1.54) is 25.7 Å². The van der Waals surface area contributed by atoms with Gasteiger partial charge >= 0.3 is 0 Å². The molecule has 1 N–H and O–H groups in total. The van der Waals surface area contributed by atoms with Gasteiger partial charge in [0.15, 0.2) is 5.82 Å². The quantitative estimate of drug-likeness (QED) is 0.601. The molecule has 0 unspecified atom stereocenters. The molecule has 0 radical (unpaired) electrons. The van der Waals surface area contributed by atoms with E-state index < -0.39 is 0 Å². The molecular weight excluding hydrogens is 374 g/mol. The Labute approximate surface area is 177 Å². The number of nitrogens with one attached hydrogen (secondary N) is 1. The number of methoxy groups -OCH3 is 1. The van der Waals surface area contributed by atoms with Crippen LogP contribution in [0.2, 0.25) is 0 Å². The molecule has 3 aromatic rings. The first-order valence-corrected chi connectivity index (χ1v) is 10.6. The van der Waals surface area contributed by atoms with Gasteiger partial charge in [-0.25, -0.2) is 9.97 Å². The molecule has 0 aliphatic heterocycles. The number of anilines is 1. The van der Waals surface area contributed by atoms with E-state index in [0.29, 0.717) is 18.2 Å². The minimum absolute atomic E-state index is 0.0691. The van der Waals surface area contributed by atoms with Crippen molar-refractivity contribution < 1.29 is 9.53 Å². The number of benzene rings is 2. The first-order chi connectivity index (χ1) is 14.7. The van der Waals surface area contributed by atoms with Crippen LogP contribution in [0.1, 0.15) is 36.9 Å². The Morgan fingerprint density at radius 1 is 1.07 bits per heavy atom. The van der Waals surface area contributed by atoms with Crippen molar-refractivity contribution in [3.05, 3.63) is 72.1 Å². The Hall–Kier alpha value is -3.21. The number of ether oxygens (including phenoxy) is 1. The number of rotatable bonds is 7. The van der Waals surface area contributed by atoms with Crippen LogP contribution in [0.4, 0.5) is 5.82 Å². The van der Waals surface area contributed by atoms with Crippen molar-refractivity contribution in [3.8, 4) is 17.0 Å². The molecule has 0 atom stereocenters. The van der Waals surface area contributed by atoms with Crippen molar-refractivity contribution in [2.45, 2.75) is 38.5 Å². The van der Waals surface area contributed by atoms with Gasteiger partial charge in [-0.1, -0.05) is 56.0 Å². The third-order valence-corrected chi connectivity index (χ3v) is 5.65. The lowest BCUT2D eigenvalue weighted by Gasteiger charge is -2.14. The normalized spacial score (nSPS) is 13.9. The Bertz CT molecular complexity index is 981. The molecule has 1 saturated carbocycles. The summed E-state index contributed by atoms with van der Waals surface area (Å²) in [5, 5.41) is 3.00. The summed E-state index contributed by atoms with van der Waals surface area (Å²) in [6.45, 7) is 0. The van der Waals surface area contributed by atoms with Gasteiger partial charge in [-0.2, -0.15) is 0 Å². The average molecular weight is 402 g/mol. The van der Waals surface area contributed by atoms with Gasteiger partial charge in [-0.05, 0) is 42.2 Å². The molecule has 30 heavy (non-hydrogen) atoms. The summed E-state index contributed by atoms with van der Waals surface area (Å²) in [4.78, 5) is 22.1. The second kappa shape index (κ2) is 9.53. The standard InChI is InChI=1S/C25H27N3O2/c1-30-21-13-11-20(12-14-21)23-17-26-25(22(27-23)15-18-9-5-6-10-18)28-24(29)16-19-7-3-2-4-8-19/h2-4,7-8,11-14,17-18H,5-6,9-10,15-16H2,1H3,(H,26,28,29). The number of carbonyl (C=O) groups is 1. The van der Waals surface area contributed by atoms with Gasteiger partial charge in [0.25, 0.3) is 0 Å². The van der Waals surface area contributed by atoms with Gasteiger partial charge in [-0.3, -0.25) is 4.79 Å². The highest BCUT2D eigenvalue weighted by Crippen LogP contribution is 2.30. The summed E-state index contributed by atoms with van der Waals surface area (Å²) in [7, 11) is 1.65. The zero-order chi connectivity index (χ0) is 20.8. The first-order valence-electron chi connectivity index (χ1n) is 10.6. The molecule has 5 nitrogen and oxygen atoms in total. The van der Waals surface area contributed by atoms with Crippen molar-refractivity contribution in [2.24, 2.45) is 5.92 Å². The maximum atomic E-state index is 12.6. The molecule has 1 fully saturated rings. The van der Waals surface area contributed by atoms with E-state index in [1.807, 2.05) is 54.6 Å². The molecular formula is C25H27N3O2. The minimum Gasteiger partial charge on any atom is -0.497 e. The molecule has 1 amide bonds. The first kappa shape index (κ1) is 20.1. The number of carbonyl (C=O) groups excluding carboxylic acids is 1. The Balaban J connectivity index is 1.57. The van der Waals surface area contributed by atoms with E-state index in [0.717, 1.165) is 34.7 Å². The molecule has 154 valence electrons. The highest BCUT2D eigenvalue weighted by Gasteiger charge is 2.20. The molecule has 1 aliphatic carbocycles. The summed E-state index contributed by atoms with van der Waals surface area (Å²) < 4.78 is 5.25. The van der Waals surface area contributed by atoms with Crippen molar-refractivity contribution in [2.75, 3.05) is 12.4 Å². The lowest BCUT2D eigenvalue weighted by Crippen LogP contribution is -2.18. The summed E-state index contributed by atoms with van der Waals surface area (Å²) in [5.74, 6) is 1.93. The van der Waals surface area contributed by atoms with E-state index >= 15 is 0 Å². The van der Waals surface area contributed by atoms with Crippen LogP contribution in [0.15, 0.2) is 60.8 Å². The largest absolute Gasteiger partial charge is 0.497 e. The molecule has 4 rings (SSSR count). The van der Waals surface area contributed by atoms with E-state index in [4.69, 9.17) is 9.72 Å². The Morgan fingerprint density at radius 3 is 2.50 bits per heavy atom. The summed E-state index contributed by atoms with van der Waals surface area (Å²) in [6.07, 6.45) is 7.87. The lowest BCUT2D eigenvalue weighted by atomic mass is 10.0. The molecule has 2 aromatic carbocycles. The molecule has 0 saturated heterocycles. The van der Waals surface area contributed by atoms with E-state index in [-0.39, 0.29) is 5.91 Å². The minimum atomic E-state index is -0.0691. The Morgan fingerprint density at radius 2 is 1.80 bits per heavy atom. The Kier molecular flexibility index (Phi) is 6.38. The van der Waals surface area contributed by atoms with Crippen LogP contribution in [0.25, 0.3) is 11.3 Å². The predicted octanol–water partition coefficient (Wildman–Crippen LogP) is 5.07. The lowest BCUT2D eigenvalue weighted by molar-refractivity contribution is -0.115. The summed E-state index contributed by atoms with van der Waals surface area (Å²) >= 11 is 0. The fraction of sp³-hybridized carbons (Fsp3) is 0.320. The molecule has 0 spiro atoms. The second-order valence-corrected chi connectivity index (χ2v) is 7.84. The molecule has 5 heteroatoms. The topological polar surface area (TPSA) is 64.1 Å². The van der Waals surface area contributed by atoms with Crippen molar-refractivity contribution in [1.29, 1.82) is 0 Å². The van der Waals surface area contributed by atoms with E-state index in [9.17, 15) is 4.79 Å². The maximum Gasteiger partial charge on any atom is 0.229 e. The monoisotopic (exact) mass is 401 g/mol. The third kappa shape index (κ3) is 5.03. The van der Waals surface area contributed by atoms with Gasteiger partial charge in [0.05, 0.1) is 31.1 Å². The highest BCUT2D eigenvalue weighted by molar-refractivity contribution is 5.92. The smallest absolute Gasteiger partial charge is 0.229 e.